The largest absolute Gasteiger partial charge is 0.339 e. The molecule has 1 unspecified atom stereocenters. The fraction of sp³-hybridized carbons (Fsp3) is 0. The van der Waals surface area contributed by atoms with Crippen molar-refractivity contribution in [3.63, 3.8) is 0 Å². The van der Waals surface area contributed by atoms with Gasteiger partial charge in [-0.05, 0) is 75.2 Å². The van der Waals surface area contributed by atoms with E-state index in [1.165, 1.54) is 21.1 Å². The lowest BCUT2D eigenvalue weighted by Crippen LogP contribution is -2.70. The van der Waals surface area contributed by atoms with E-state index in [9.17, 15) is 0 Å². The molecule has 0 saturated heterocycles. The van der Waals surface area contributed by atoms with Crippen molar-refractivity contribution in [3.8, 4) is 45.3 Å². The van der Waals surface area contributed by atoms with Gasteiger partial charge < -0.3 is 4.23 Å². The summed E-state index contributed by atoms with van der Waals surface area (Å²) in [5.74, 6) is 1.04. The minimum absolute atomic E-state index is 0.813. The summed E-state index contributed by atoms with van der Waals surface area (Å²) in [5.41, 5.74) is 8.85. The maximum absolute atomic E-state index is 5.23. The van der Waals surface area contributed by atoms with Crippen LogP contribution in [0.25, 0.3) is 56.3 Å². The molecular weight excluding hydrogens is 579 g/mol. The Morgan fingerprint density at radius 3 is 1.85 bits per heavy atom. The van der Waals surface area contributed by atoms with Gasteiger partial charge in [-0.3, -0.25) is 9.97 Å². The molecule has 46 heavy (non-hydrogen) atoms. The summed E-state index contributed by atoms with van der Waals surface area (Å²) >= 11 is 0. The SMILES string of the molecule is c1ccc([Si]2(c3cccc(-c4cc(-c5ccccn5)nc(-c5ccccn5)c4)c3)c3ccccc3-c3nc4ccccc4n32)cc1. The van der Waals surface area contributed by atoms with E-state index in [0.717, 1.165) is 50.8 Å². The molecule has 0 saturated carbocycles. The Kier molecular flexibility index (Phi) is 6.08. The van der Waals surface area contributed by atoms with Crippen LogP contribution in [0.5, 0.6) is 0 Å². The second kappa shape index (κ2) is 10.6. The van der Waals surface area contributed by atoms with Gasteiger partial charge in [0, 0.05) is 18.0 Å². The lowest BCUT2D eigenvalue weighted by Gasteiger charge is -2.32. The van der Waals surface area contributed by atoms with E-state index in [2.05, 4.69) is 129 Å². The van der Waals surface area contributed by atoms with Crippen LogP contribution >= 0.6 is 0 Å². The van der Waals surface area contributed by atoms with Crippen LogP contribution in [0, 0.1) is 0 Å². The van der Waals surface area contributed by atoms with Crippen LogP contribution in [-0.2, 0) is 0 Å². The molecule has 1 aliphatic heterocycles. The molecule has 0 aliphatic carbocycles. The van der Waals surface area contributed by atoms with Crippen LogP contribution in [0.2, 0.25) is 0 Å². The van der Waals surface area contributed by atoms with Crippen LogP contribution in [-0.4, -0.2) is 32.4 Å². The van der Waals surface area contributed by atoms with Crippen molar-refractivity contribution >= 4 is 34.8 Å². The fourth-order valence-corrected chi connectivity index (χ4v) is 12.0. The molecular formula is C40H27N5Si. The molecule has 0 fully saturated rings. The molecule has 216 valence electrons. The van der Waals surface area contributed by atoms with Gasteiger partial charge in [0.1, 0.15) is 5.82 Å². The third kappa shape index (κ3) is 4.01. The Morgan fingerprint density at radius 2 is 1.11 bits per heavy atom. The Hall–Kier alpha value is -5.98. The third-order valence-electron chi connectivity index (χ3n) is 8.94. The number of aromatic nitrogens is 5. The molecule has 8 aromatic rings. The molecule has 4 aromatic carbocycles. The predicted octanol–water partition coefficient (Wildman–Crippen LogP) is 6.72. The lowest BCUT2D eigenvalue weighted by atomic mass is 10.0. The van der Waals surface area contributed by atoms with Crippen LogP contribution in [0.15, 0.2) is 164 Å². The molecule has 1 atom stereocenters. The van der Waals surface area contributed by atoms with Gasteiger partial charge in [0.2, 0.25) is 0 Å². The van der Waals surface area contributed by atoms with E-state index in [0.29, 0.717) is 0 Å². The van der Waals surface area contributed by atoms with Crippen molar-refractivity contribution in [1.29, 1.82) is 0 Å². The first-order chi connectivity index (χ1) is 22.8. The summed E-state index contributed by atoms with van der Waals surface area (Å²) in [7, 11) is -2.84. The van der Waals surface area contributed by atoms with Gasteiger partial charge in [-0.1, -0.05) is 103 Å². The first kappa shape index (κ1) is 26.4. The smallest absolute Gasteiger partial charge is 0.259 e. The second-order valence-corrected chi connectivity index (χ2v) is 15.1. The molecule has 0 radical (unpaired) electrons. The van der Waals surface area contributed by atoms with Crippen molar-refractivity contribution < 1.29 is 0 Å². The standard InChI is InChI=1S/C40H27N5Si/c1-2-14-30(15-3-1)46(39-22-7-4-17-32(39)40-44-35-20-5-6-21-38(35)45(40)46)31-16-12-13-28(25-31)29-26-36(33-18-8-10-23-41-33)43-37(27-29)34-19-9-11-24-42-34/h1-27H. The van der Waals surface area contributed by atoms with Gasteiger partial charge in [-0.15, -0.1) is 0 Å². The van der Waals surface area contributed by atoms with Crippen LogP contribution in [0.4, 0.5) is 0 Å². The predicted molar refractivity (Wildman–Crippen MR) is 188 cm³/mol. The van der Waals surface area contributed by atoms with Crippen molar-refractivity contribution in [2.24, 2.45) is 0 Å². The Bertz CT molecular complexity index is 2310. The zero-order valence-electron chi connectivity index (χ0n) is 24.8. The van der Waals surface area contributed by atoms with Gasteiger partial charge >= 0.3 is 0 Å². The Labute approximate surface area is 267 Å². The molecule has 6 heteroatoms. The minimum Gasteiger partial charge on any atom is -0.339 e. The number of pyridine rings is 3. The summed E-state index contributed by atoms with van der Waals surface area (Å²) < 4.78 is 2.58. The topological polar surface area (TPSA) is 56.5 Å². The number of benzene rings is 4. The minimum atomic E-state index is -2.84. The molecule has 5 nitrogen and oxygen atoms in total. The normalized spacial score (nSPS) is 15.0. The third-order valence-corrected chi connectivity index (χ3v) is 13.6. The molecule has 0 spiro atoms. The highest BCUT2D eigenvalue weighted by Crippen LogP contribution is 2.35. The van der Waals surface area contributed by atoms with E-state index < -0.39 is 8.24 Å². The van der Waals surface area contributed by atoms with Gasteiger partial charge in [0.15, 0.2) is 0 Å². The number of hydrogen-bond acceptors (Lipinski definition) is 4. The first-order valence-corrected chi connectivity index (χ1v) is 17.3. The summed E-state index contributed by atoms with van der Waals surface area (Å²) in [6.45, 7) is 0. The highest BCUT2D eigenvalue weighted by Gasteiger charge is 2.50. The van der Waals surface area contributed by atoms with Gasteiger partial charge in [0.05, 0.1) is 33.8 Å². The Morgan fingerprint density at radius 1 is 0.457 bits per heavy atom. The second-order valence-electron chi connectivity index (χ2n) is 11.5. The number of rotatable bonds is 5. The van der Waals surface area contributed by atoms with E-state index in [1.807, 2.05) is 48.8 Å². The number of imidazole rings is 1. The monoisotopic (exact) mass is 605 g/mol. The zero-order chi connectivity index (χ0) is 30.5. The molecule has 0 N–H and O–H groups in total. The number of nitrogens with zero attached hydrogens (tertiary/aromatic N) is 5. The summed E-state index contributed by atoms with van der Waals surface area (Å²) in [5, 5.41) is 3.96. The summed E-state index contributed by atoms with van der Waals surface area (Å²) in [6.07, 6.45) is 3.62. The van der Waals surface area contributed by atoms with Crippen LogP contribution in [0.3, 0.4) is 0 Å². The first-order valence-electron chi connectivity index (χ1n) is 15.4. The van der Waals surface area contributed by atoms with Crippen molar-refractivity contribution in [1.82, 2.24) is 24.2 Å². The van der Waals surface area contributed by atoms with Crippen LogP contribution < -0.4 is 15.6 Å². The highest BCUT2D eigenvalue weighted by atomic mass is 28.3. The quantitative estimate of drug-likeness (QED) is 0.205. The van der Waals surface area contributed by atoms with Crippen LogP contribution in [0.1, 0.15) is 0 Å². The maximum atomic E-state index is 5.23. The average molecular weight is 606 g/mol. The van der Waals surface area contributed by atoms with Crippen molar-refractivity contribution in [2.45, 2.75) is 0 Å². The van der Waals surface area contributed by atoms with E-state index in [1.54, 1.807) is 0 Å². The lowest BCUT2D eigenvalue weighted by molar-refractivity contribution is 1.22. The average Bonchev–Trinajstić information content (AvgIpc) is 3.66. The number of hydrogen-bond donors (Lipinski definition) is 0. The molecule has 1 aliphatic rings. The van der Waals surface area contributed by atoms with Gasteiger partial charge in [0.25, 0.3) is 8.24 Å². The number of fused-ring (bicyclic) bond motifs is 5. The molecule has 0 bridgehead atoms. The van der Waals surface area contributed by atoms with E-state index >= 15 is 0 Å². The molecule has 9 rings (SSSR count). The summed E-state index contributed by atoms with van der Waals surface area (Å²) in [4.78, 5) is 19.5. The molecule has 0 amide bonds. The zero-order valence-corrected chi connectivity index (χ0v) is 25.8. The summed E-state index contributed by atoms with van der Waals surface area (Å²) in [6, 6.07) is 53.6. The van der Waals surface area contributed by atoms with Gasteiger partial charge in [-0.2, -0.15) is 0 Å². The Balaban J connectivity index is 1.33. The van der Waals surface area contributed by atoms with Gasteiger partial charge in [-0.25, -0.2) is 9.97 Å². The highest BCUT2D eigenvalue weighted by molar-refractivity contribution is 7.12. The fourth-order valence-electron chi connectivity index (χ4n) is 6.99. The van der Waals surface area contributed by atoms with Crippen molar-refractivity contribution in [3.05, 3.63) is 164 Å². The molecule has 5 heterocycles. The molecule has 4 aromatic heterocycles. The van der Waals surface area contributed by atoms with E-state index in [4.69, 9.17) is 9.97 Å². The van der Waals surface area contributed by atoms with Crippen molar-refractivity contribution in [2.75, 3.05) is 0 Å². The maximum Gasteiger partial charge on any atom is 0.259 e. The number of para-hydroxylation sites is 2. The van der Waals surface area contributed by atoms with E-state index in [-0.39, 0.29) is 0 Å².